The van der Waals surface area contributed by atoms with Gasteiger partial charge in [0.25, 0.3) is 0 Å². The van der Waals surface area contributed by atoms with Gasteiger partial charge in [-0.2, -0.15) is 4.80 Å². The summed E-state index contributed by atoms with van der Waals surface area (Å²) in [4.78, 5) is 12.9. The van der Waals surface area contributed by atoms with E-state index >= 15 is 0 Å². The number of aromatic nitrogens is 4. The van der Waals surface area contributed by atoms with Gasteiger partial charge in [0.05, 0.1) is 0 Å². The van der Waals surface area contributed by atoms with Crippen molar-refractivity contribution in [3.63, 3.8) is 0 Å². The third-order valence-electron chi connectivity index (χ3n) is 2.76. The Balaban J connectivity index is 1.70. The molecule has 0 bridgehead atoms. The van der Waals surface area contributed by atoms with E-state index in [0.29, 0.717) is 16.9 Å². The standard InChI is InChI=1S/C12H12ClN5O/c13-9-3-1-2-8(6-9)12-15-17-18(16-12)7-11(19)14-10-4-5-10/h1-3,6,10H,4-5,7H2,(H,14,19). The number of halogens is 1. The van der Waals surface area contributed by atoms with Crippen LogP contribution in [-0.4, -0.2) is 32.2 Å². The molecule has 1 aromatic heterocycles. The molecule has 1 saturated carbocycles. The summed E-state index contributed by atoms with van der Waals surface area (Å²) < 4.78 is 0. The molecule has 3 rings (SSSR count). The molecule has 1 aliphatic rings. The minimum Gasteiger partial charge on any atom is -0.352 e. The summed E-state index contributed by atoms with van der Waals surface area (Å²) in [6.07, 6.45) is 2.12. The van der Waals surface area contributed by atoms with Crippen LogP contribution in [-0.2, 0) is 11.3 Å². The maximum atomic E-state index is 11.6. The number of hydrogen-bond donors (Lipinski definition) is 1. The number of carbonyl (C=O) groups excluding carboxylic acids is 1. The highest BCUT2D eigenvalue weighted by Crippen LogP contribution is 2.19. The monoisotopic (exact) mass is 277 g/mol. The van der Waals surface area contributed by atoms with Crippen LogP contribution in [0.5, 0.6) is 0 Å². The van der Waals surface area contributed by atoms with E-state index in [1.165, 1.54) is 4.80 Å². The van der Waals surface area contributed by atoms with Gasteiger partial charge in [0, 0.05) is 16.6 Å². The van der Waals surface area contributed by atoms with E-state index in [1.54, 1.807) is 12.1 Å². The van der Waals surface area contributed by atoms with Crippen molar-refractivity contribution < 1.29 is 4.79 Å². The zero-order chi connectivity index (χ0) is 13.2. The normalized spacial score (nSPS) is 14.4. The lowest BCUT2D eigenvalue weighted by molar-refractivity contribution is -0.122. The molecule has 98 valence electrons. The largest absolute Gasteiger partial charge is 0.352 e. The second-order valence-corrected chi connectivity index (χ2v) is 4.93. The lowest BCUT2D eigenvalue weighted by atomic mass is 10.2. The molecule has 0 aliphatic heterocycles. The fourth-order valence-corrected chi connectivity index (χ4v) is 1.87. The Morgan fingerprint density at radius 2 is 2.32 bits per heavy atom. The van der Waals surface area contributed by atoms with Gasteiger partial charge in [0.1, 0.15) is 6.54 Å². The molecule has 1 fully saturated rings. The molecule has 1 heterocycles. The maximum absolute atomic E-state index is 11.6. The maximum Gasteiger partial charge on any atom is 0.243 e. The van der Waals surface area contributed by atoms with Gasteiger partial charge in [0.2, 0.25) is 11.7 Å². The number of rotatable bonds is 4. The van der Waals surface area contributed by atoms with Gasteiger partial charge in [-0.3, -0.25) is 4.79 Å². The van der Waals surface area contributed by atoms with E-state index in [4.69, 9.17) is 11.6 Å². The Morgan fingerprint density at radius 1 is 1.47 bits per heavy atom. The zero-order valence-electron chi connectivity index (χ0n) is 10.1. The molecule has 0 spiro atoms. The lowest BCUT2D eigenvalue weighted by Crippen LogP contribution is -2.30. The molecule has 1 N–H and O–H groups in total. The van der Waals surface area contributed by atoms with Crippen molar-refractivity contribution in [2.24, 2.45) is 0 Å². The van der Waals surface area contributed by atoms with Gasteiger partial charge >= 0.3 is 0 Å². The number of hydrogen-bond acceptors (Lipinski definition) is 4. The molecule has 2 aromatic rings. The first-order valence-corrected chi connectivity index (χ1v) is 6.41. The molecular formula is C12H12ClN5O. The van der Waals surface area contributed by atoms with E-state index < -0.39 is 0 Å². The molecule has 19 heavy (non-hydrogen) atoms. The summed E-state index contributed by atoms with van der Waals surface area (Å²) in [6, 6.07) is 7.53. The summed E-state index contributed by atoms with van der Waals surface area (Å²) in [7, 11) is 0. The average Bonchev–Trinajstić information content (AvgIpc) is 3.05. The first-order valence-electron chi connectivity index (χ1n) is 6.04. The first kappa shape index (κ1) is 12.1. The highest BCUT2D eigenvalue weighted by molar-refractivity contribution is 6.30. The number of tetrazole rings is 1. The predicted molar refractivity (Wildman–Crippen MR) is 69.4 cm³/mol. The molecule has 0 atom stereocenters. The average molecular weight is 278 g/mol. The topological polar surface area (TPSA) is 72.7 Å². The number of amides is 1. The summed E-state index contributed by atoms with van der Waals surface area (Å²) >= 11 is 5.90. The highest BCUT2D eigenvalue weighted by atomic mass is 35.5. The Hall–Kier alpha value is -1.95. The highest BCUT2D eigenvalue weighted by Gasteiger charge is 2.23. The minimum absolute atomic E-state index is 0.0856. The van der Waals surface area contributed by atoms with Crippen LogP contribution in [0.3, 0.4) is 0 Å². The van der Waals surface area contributed by atoms with Gasteiger partial charge in [-0.15, -0.1) is 10.2 Å². The van der Waals surface area contributed by atoms with Crippen LogP contribution < -0.4 is 5.32 Å². The quantitative estimate of drug-likeness (QED) is 0.913. The van der Waals surface area contributed by atoms with Crippen LogP contribution in [0.1, 0.15) is 12.8 Å². The van der Waals surface area contributed by atoms with Crippen molar-refractivity contribution in [2.45, 2.75) is 25.4 Å². The molecule has 0 radical (unpaired) electrons. The molecule has 7 heteroatoms. The fraction of sp³-hybridized carbons (Fsp3) is 0.333. The van der Waals surface area contributed by atoms with E-state index in [-0.39, 0.29) is 12.5 Å². The Labute approximate surface area is 114 Å². The molecule has 0 saturated heterocycles. The van der Waals surface area contributed by atoms with Crippen LogP contribution >= 0.6 is 11.6 Å². The van der Waals surface area contributed by atoms with Gasteiger partial charge in [-0.05, 0) is 30.2 Å². The molecule has 1 aromatic carbocycles. The van der Waals surface area contributed by atoms with E-state index in [0.717, 1.165) is 18.4 Å². The minimum atomic E-state index is -0.0856. The summed E-state index contributed by atoms with van der Waals surface area (Å²) in [5, 5.41) is 15.4. The summed E-state index contributed by atoms with van der Waals surface area (Å²) in [5.74, 6) is 0.374. The van der Waals surface area contributed by atoms with Crippen LogP contribution in [0.15, 0.2) is 24.3 Å². The van der Waals surface area contributed by atoms with Crippen molar-refractivity contribution in [3.8, 4) is 11.4 Å². The SMILES string of the molecule is O=C(Cn1nnc(-c2cccc(Cl)c2)n1)NC1CC1. The summed E-state index contributed by atoms with van der Waals surface area (Å²) in [6.45, 7) is 0.0874. The number of benzene rings is 1. The number of carbonyl (C=O) groups is 1. The number of nitrogens with zero attached hydrogens (tertiary/aromatic N) is 4. The second kappa shape index (κ2) is 4.97. The van der Waals surface area contributed by atoms with E-state index in [9.17, 15) is 4.79 Å². The van der Waals surface area contributed by atoms with Crippen LogP contribution in [0.2, 0.25) is 5.02 Å². The lowest BCUT2D eigenvalue weighted by Gasteiger charge is -2.00. The van der Waals surface area contributed by atoms with Crippen molar-refractivity contribution in [1.29, 1.82) is 0 Å². The zero-order valence-corrected chi connectivity index (χ0v) is 10.8. The third kappa shape index (κ3) is 3.08. The van der Waals surface area contributed by atoms with E-state index in [2.05, 4.69) is 20.7 Å². The first-order chi connectivity index (χ1) is 9.20. The van der Waals surface area contributed by atoms with Crippen molar-refractivity contribution in [1.82, 2.24) is 25.5 Å². The van der Waals surface area contributed by atoms with Crippen molar-refractivity contribution in [3.05, 3.63) is 29.3 Å². The molecular weight excluding hydrogens is 266 g/mol. The van der Waals surface area contributed by atoms with Crippen molar-refractivity contribution >= 4 is 17.5 Å². The smallest absolute Gasteiger partial charge is 0.243 e. The van der Waals surface area contributed by atoms with Crippen molar-refractivity contribution in [2.75, 3.05) is 0 Å². The van der Waals surface area contributed by atoms with Crippen LogP contribution in [0.4, 0.5) is 0 Å². The predicted octanol–water partition coefficient (Wildman–Crippen LogP) is 1.27. The van der Waals surface area contributed by atoms with Crippen LogP contribution in [0.25, 0.3) is 11.4 Å². The van der Waals surface area contributed by atoms with Gasteiger partial charge in [-0.1, -0.05) is 23.7 Å². The Kier molecular flexibility index (Phi) is 3.16. The van der Waals surface area contributed by atoms with Gasteiger partial charge in [0.15, 0.2) is 0 Å². The molecule has 1 amide bonds. The second-order valence-electron chi connectivity index (χ2n) is 4.50. The Bertz CT molecular complexity index is 608. The molecule has 6 nitrogen and oxygen atoms in total. The van der Waals surface area contributed by atoms with Gasteiger partial charge < -0.3 is 5.32 Å². The van der Waals surface area contributed by atoms with Crippen LogP contribution in [0, 0.1) is 0 Å². The fourth-order valence-electron chi connectivity index (χ4n) is 1.68. The Morgan fingerprint density at radius 3 is 3.05 bits per heavy atom. The van der Waals surface area contributed by atoms with Gasteiger partial charge in [-0.25, -0.2) is 0 Å². The number of nitrogens with one attached hydrogen (secondary N) is 1. The summed E-state index contributed by atoms with van der Waals surface area (Å²) in [5.41, 5.74) is 0.779. The molecule has 0 unspecified atom stereocenters. The van der Waals surface area contributed by atoms with E-state index in [1.807, 2.05) is 12.1 Å². The molecule has 1 aliphatic carbocycles. The third-order valence-corrected chi connectivity index (χ3v) is 3.00.